The van der Waals surface area contributed by atoms with Gasteiger partial charge in [-0.05, 0) is 38.7 Å². The van der Waals surface area contributed by atoms with Crippen LogP contribution in [0.5, 0.6) is 0 Å². The molecule has 0 atom stereocenters. The van der Waals surface area contributed by atoms with Gasteiger partial charge in [0.2, 0.25) is 0 Å². The van der Waals surface area contributed by atoms with Gasteiger partial charge in [-0.1, -0.05) is 57.3 Å². The number of carbonyl (C=O) groups is 1. The Morgan fingerprint density at radius 1 is 0.564 bits per heavy atom. The number of carbonyl (C=O) groups excluding carboxylic acids is 1. The number of rotatable bonds is 25. The topological polar surface area (TPSA) is 90.9 Å². The fourth-order valence-corrected chi connectivity index (χ4v) is 7.18. The molecule has 0 spiro atoms. The fourth-order valence-electron chi connectivity index (χ4n) is 3.70. The quantitative estimate of drug-likeness (QED) is 0.0519. The molecule has 0 radical (unpaired) electrons. The Morgan fingerprint density at radius 2 is 0.949 bits per heavy atom. The van der Waals surface area contributed by atoms with Gasteiger partial charge < -0.3 is 36.0 Å². The van der Waals surface area contributed by atoms with Crippen molar-refractivity contribution in [2.75, 3.05) is 62.5 Å². The third-order valence-corrected chi connectivity index (χ3v) is 11.7. The van der Waals surface area contributed by atoms with Crippen molar-refractivity contribution in [1.29, 1.82) is 0 Å². The normalized spacial score (nSPS) is 11.6. The summed E-state index contributed by atoms with van der Waals surface area (Å²) in [6.45, 7) is 12.9. The minimum atomic E-state index is -2.40. The van der Waals surface area contributed by atoms with E-state index in [9.17, 15) is 4.79 Å². The van der Waals surface area contributed by atoms with Crippen LogP contribution in [0.1, 0.15) is 78.1 Å². The number of hydrogen-bond donors (Lipinski definition) is 0. The summed E-state index contributed by atoms with van der Waals surface area (Å²) in [4.78, 5) is 11.4. The van der Waals surface area contributed by atoms with E-state index < -0.39 is 17.6 Å². The summed E-state index contributed by atoms with van der Waals surface area (Å²) in [5, 5.41) is 0. The number of ether oxygens (including phenoxy) is 2. The minimum Gasteiger partial charge on any atom is -0.461 e. The van der Waals surface area contributed by atoms with Crippen molar-refractivity contribution < 1.29 is 40.8 Å². The summed E-state index contributed by atoms with van der Waals surface area (Å²) in [6.07, 6.45) is 10.5. The molecule has 0 fully saturated rings. The smallest absolute Gasteiger partial charge is 0.461 e. The zero-order valence-electron chi connectivity index (χ0n) is 26.2. The van der Waals surface area contributed by atoms with Crippen LogP contribution < -0.4 is 0 Å². The lowest BCUT2D eigenvalue weighted by Crippen LogP contribution is -2.42. The van der Waals surface area contributed by atoms with Crippen LogP contribution in [-0.4, -0.2) is 86.1 Å². The van der Waals surface area contributed by atoms with E-state index in [4.69, 9.17) is 36.0 Å². The summed E-state index contributed by atoms with van der Waals surface area (Å²) in [7, 11) is 5.06. The molecule has 9 nitrogen and oxygen atoms in total. The SMILES string of the molecule is C=C(C)COC(=O)CCCCCCCCCC[Si](OC)(OC)OC.C=C(C)COCCC[Si](OC)(OC)OC. The summed E-state index contributed by atoms with van der Waals surface area (Å²) in [5.74, 6) is -0.111. The summed E-state index contributed by atoms with van der Waals surface area (Å²) >= 11 is 0. The van der Waals surface area contributed by atoms with Crippen LogP contribution in [0, 0.1) is 0 Å². The maximum atomic E-state index is 11.4. The van der Waals surface area contributed by atoms with Crippen LogP contribution in [0.3, 0.4) is 0 Å². The molecule has 0 saturated heterocycles. The Morgan fingerprint density at radius 3 is 1.36 bits per heavy atom. The van der Waals surface area contributed by atoms with Gasteiger partial charge in [0.25, 0.3) is 0 Å². The molecule has 0 unspecified atom stereocenters. The molecule has 0 aromatic carbocycles. The Labute approximate surface area is 241 Å². The molecule has 0 N–H and O–H groups in total. The highest BCUT2D eigenvalue weighted by Gasteiger charge is 2.37. The predicted molar refractivity (Wildman–Crippen MR) is 161 cm³/mol. The van der Waals surface area contributed by atoms with Crippen molar-refractivity contribution in [3.8, 4) is 0 Å². The molecular formula is C28H58O9Si2. The van der Waals surface area contributed by atoms with E-state index in [1.807, 2.05) is 13.8 Å². The largest absolute Gasteiger partial charge is 0.500 e. The molecule has 0 rings (SSSR count). The van der Waals surface area contributed by atoms with Crippen LogP contribution in [0.25, 0.3) is 0 Å². The maximum Gasteiger partial charge on any atom is 0.500 e. The second kappa shape index (κ2) is 26.0. The molecule has 0 bridgehead atoms. The lowest BCUT2D eigenvalue weighted by molar-refractivity contribution is -0.142. The highest BCUT2D eigenvalue weighted by Crippen LogP contribution is 2.19. The van der Waals surface area contributed by atoms with E-state index in [-0.39, 0.29) is 5.97 Å². The van der Waals surface area contributed by atoms with Gasteiger partial charge in [-0.25, -0.2) is 0 Å². The monoisotopic (exact) mass is 594 g/mol. The predicted octanol–water partition coefficient (Wildman–Crippen LogP) is 6.34. The zero-order valence-corrected chi connectivity index (χ0v) is 28.2. The molecule has 232 valence electrons. The highest BCUT2D eigenvalue weighted by molar-refractivity contribution is 6.60. The van der Waals surface area contributed by atoms with Crippen molar-refractivity contribution in [3.05, 3.63) is 24.3 Å². The van der Waals surface area contributed by atoms with E-state index in [0.717, 1.165) is 48.9 Å². The van der Waals surface area contributed by atoms with E-state index in [1.165, 1.54) is 32.1 Å². The number of unbranched alkanes of at least 4 members (excludes halogenated alkanes) is 7. The Hall–Kier alpha value is -0.896. The van der Waals surface area contributed by atoms with Gasteiger partial charge >= 0.3 is 23.6 Å². The van der Waals surface area contributed by atoms with E-state index in [2.05, 4.69) is 13.2 Å². The lowest BCUT2D eigenvalue weighted by atomic mass is 10.1. The van der Waals surface area contributed by atoms with Crippen molar-refractivity contribution in [2.45, 2.75) is 90.1 Å². The van der Waals surface area contributed by atoms with Gasteiger partial charge in [0.15, 0.2) is 0 Å². The molecule has 11 heteroatoms. The molecule has 0 heterocycles. The summed E-state index contributed by atoms with van der Waals surface area (Å²) in [5.41, 5.74) is 1.91. The molecule has 0 saturated carbocycles. The average Bonchev–Trinajstić information content (AvgIpc) is 2.93. The van der Waals surface area contributed by atoms with Crippen molar-refractivity contribution in [3.63, 3.8) is 0 Å². The standard InChI is InChI=1S/C18H36O5Si.C10H22O4Si/c1-17(2)16-23-18(19)14-12-10-8-6-7-9-11-13-15-24(20-3,21-4)22-5;1-10(2)9-14-7-6-8-15(11-3,12-4)13-5/h1,6-16H2,2-5H3;1,6-9H2,2-5H3. The van der Waals surface area contributed by atoms with Crippen LogP contribution in [-0.2, 0) is 40.8 Å². The van der Waals surface area contributed by atoms with E-state index >= 15 is 0 Å². The van der Waals surface area contributed by atoms with E-state index in [1.54, 1.807) is 42.7 Å². The highest BCUT2D eigenvalue weighted by atomic mass is 28.4. The lowest BCUT2D eigenvalue weighted by Gasteiger charge is -2.24. The summed E-state index contributed by atoms with van der Waals surface area (Å²) < 4.78 is 42.5. The first kappa shape index (κ1) is 40.2. The molecule has 39 heavy (non-hydrogen) atoms. The third-order valence-electron chi connectivity index (χ3n) is 6.08. The van der Waals surface area contributed by atoms with Gasteiger partial charge in [0, 0.05) is 67.8 Å². The number of hydrogen-bond acceptors (Lipinski definition) is 9. The molecule has 0 amide bonds. The zero-order chi connectivity index (χ0) is 30.0. The third kappa shape index (κ3) is 22.5. The first-order chi connectivity index (χ1) is 18.6. The molecule has 0 aromatic heterocycles. The Balaban J connectivity index is 0. The van der Waals surface area contributed by atoms with Crippen LogP contribution in [0.15, 0.2) is 24.3 Å². The molecule has 0 aliphatic rings. The van der Waals surface area contributed by atoms with Gasteiger partial charge in [-0.15, -0.1) is 0 Å². The molecule has 0 aliphatic heterocycles. The average molecular weight is 595 g/mol. The van der Waals surface area contributed by atoms with Gasteiger partial charge in [-0.2, -0.15) is 0 Å². The molecule has 0 aliphatic carbocycles. The van der Waals surface area contributed by atoms with Gasteiger partial charge in [-0.3, -0.25) is 4.79 Å². The van der Waals surface area contributed by atoms with Crippen molar-refractivity contribution in [2.24, 2.45) is 0 Å². The van der Waals surface area contributed by atoms with E-state index in [0.29, 0.717) is 26.2 Å². The van der Waals surface area contributed by atoms with Crippen LogP contribution in [0.2, 0.25) is 12.1 Å². The van der Waals surface area contributed by atoms with Crippen LogP contribution >= 0.6 is 0 Å². The summed E-state index contributed by atoms with van der Waals surface area (Å²) in [6, 6.07) is 1.65. The van der Waals surface area contributed by atoms with Crippen molar-refractivity contribution >= 4 is 23.6 Å². The molecular weight excluding hydrogens is 536 g/mol. The second-order valence-corrected chi connectivity index (χ2v) is 15.8. The second-order valence-electron chi connectivity index (χ2n) is 9.65. The van der Waals surface area contributed by atoms with Crippen molar-refractivity contribution in [1.82, 2.24) is 0 Å². The first-order valence-electron chi connectivity index (χ1n) is 13.9. The maximum absolute atomic E-state index is 11.4. The van der Waals surface area contributed by atoms with Crippen LogP contribution in [0.4, 0.5) is 0 Å². The molecule has 0 aromatic rings. The fraction of sp³-hybridized carbons (Fsp3) is 0.821. The first-order valence-corrected chi connectivity index (χ1v) is 17.8. The minimum absolute atomic E-state index is 0.111. The van der Waals surface area contributed by atoms with Gasteiger partial charge in [0.05, 0.1) is 6.61 Å². The van der Waals surface area contributed by atoms with Gasteiger partial charge in [0.1, 0.15) is 6.61 Å². The Bertz CT molecular complexity index is 608. The Kier molecular flexibility index (Phi) is 26.9. The number of esters is 1.